The van der Waals surface area contributed by atoms with Crippen LogP contribution in [-0.2, 0) is 6.42 Å². The highest BCUT2D eigenvalue weighted by molar-refractivity contribution is 5.37. The van der Waals surface area contributed by atoms with Gasteiger partial charge in [-0.1, -0.05) is 19.9 Å². The first-order chi connectivity index (χ1) is 9.49. The van der Waals surface area contributed by atoms with Crippen molar-refractivity contribution in [1.29, 1.82) is 0 Å². The highest BCUT2D eigenvalue weighted by atomic mass is 19.1. The number of aryl methyl sites for hydroxylation is 1. The maximum Gasteiger partial charge on any atom is 0.125 e. The van der Waals surface area contributed by atoms with E-state index in [0.29, 0.717) is 6.04 Å². The van der Waals surface area contributed by atoms with Gasteiger partial charge < -0.3 is 5.32 Å². The standard InChI is InChI=1S/C16H22FN3/c1-11(2)18-9-8-16-12(3)19-20(13(16)4)15-7-5-6-14(17)10-15/h5-7,10-11,18H,8-9H2,1-4H3. The minimum atomic E-state index is -0.238. The van der Waals surface area contributed by atoms with Gasteiger partial charge in [0, 0.05) is 11.7 Å². The van der Waals surface area contributed by atoms with E-state index in [0.717, 1.165) is 30.0 Å². The van der Waals surface area contributed by atoms with Crippen molar-refractivity contribution >= 4 is 0 Å². The molecule has 0 fully saturated rings. The van der Waals surface area contributed by atoms with Crippen LogP contribution in [0.1, 0.15) is 30.8 Å². The van der Waals surface area contributed by atoms with E-state index < -0.39 is 0 Å². The Morgan fingerprint density at radius 1 is 1.30 bits per heavy atom. The molecule has 1 aromatic carbocycles. The summed E-state index contributed by atoms with van der Waals surface area (Å²) in [5.74, 6) is -0.238. The molecule has 0 aliphatic carbocycles. The highest BCUT2D eigenvalue weighted by Gasteiger charge is 2.12. The van der Waals surface area contributed by atoms with Crippen molar-refractivity contribution in [2.75, 3.05) is 6.54 Å². The molecule has 4 heteroatoms. The van der Waals surface area contributed by atoms with Gasteiger partial charge in [0.1, 0.15) is 5.82 Å². The molecule has 2 rings (SSSR count). The maximum absolute atomic E-state index is 13.3. The van der Waals surface area contributed by atoms with Crippen LogP contribution in [0.15, 0.2) is 24.3 Å². The van der Waals surface area contributed by atoms with E-state index in [1.807, 2.05) is 24.6 Å². The number of benzene rings is 1. The van der Waals surface area contributed by atoms with Crippen molar-refractivity contribution in [3.05, 3.63) is 47.0 Å². The second-order valence-corrected chi connectivity index (χ2v) is 5.40. The summed E-state index contributed by atoms with van der Waals surface area (Å²) in [6.45, 7) is 9.24. The molecule has 1 aromatic heterocycles. The van der Waals surface area contributed by atoms with Gasteiger partial charge in [-0.15, -0.1) is 0 Å². The molecule has 0 spiro atoms. The third-order valence-corrected chi connectivity index (χ3v) is 3.42. The Kier molecular flexibility index (Phi) is 4.55. The molecule has 108 valence electrons. The second-order valence-electron chi connectivity index (χ2n) is 5.40. The molecular weight excluding hydrogens is 253 g/mol. The Morgan fingerprint density at radius 2 is 2.05 bits per heavy atom. The SMILES string of the molecule is Cc1nn(-c2cccc(F)c2)c(C)c1CCNC(C)C. The summed E-state index contributed by atoms with van der Waals surface area (Å²) in [6.07, 6.45) is 0.936. The number of nitrogens with zero attached hydrogens (tertiary/aromatic N) is 2. The van der Waals surface area contributed by atoms with Gasteiger partial charge in [-0.2, -0.15) is 5.10 Å². The first-order valence-corrected chi connectivity index (χ1v) is 7.03. The van der Waals surface area contributed by atoms with Crippen LogP contribution < -0.4 is 5.32 Å². The maximum atomic E-state index is 13.3. The summed E-state index contributed by atoms with van der Waals surface area (Å²) >= 11 is 0. The number of hydrogen-bond donors (Lipinski definition) is 1. The lowest BCUT2D eigenvalue weighted by molar-refractivity contribution is 0.589. The molecule has 0 atom stereocenters. The van der Waals surface area contributed by atoms with Gasteiger partial charge in [0.2, 0.25) is 0 Å². The minimum absolute atomic E-state index is 0.238. The molecule has 0 aliphatic heterocycles. The van der Waals surface area contributed by atoms with Crippen molar-refractivity contribution in [1.82, 2.24) is 15.1 Å². The van der Waals surface area contributed by atoms with Crippen LogP contribution in [0.3, 0.4) is 0 Å². The third kappa shape index (κ3) is 3.25. The number of halogens is 1. The van der Waals surface area contributed by atoms with E-state index in [1.165, 1.54) is 17.7 Å². The van der Waals surface area contributed by atoms with Gasteiger partial charge in [-0.25, -0.2) is 9.07 Å². The van der Waals surface area contributed by atoms with E-state index in [9.17, 15) is 4.39 Å². The highest BCUT2D eigenvalue weighted by Crippen LogP contribution is 2.18. The fourth-order valence-corrected chi connectivity index (χ4v) is 2.38. The van der Waals surface area contributed by atoms with Crippen LogP contribution in [0, 0.1) is 19.7 Å². The van der Waals surface area contributed by atoms with Gasteiger partial charge in [0.25, 0.3) is 0 Å². The van der Waals surface area contributed by atoms with Gasteiger partial charge in [0.05, 0.1) is 11.4 Å². The Labute approximate surface area is 119 Å². The zero-order valence-corrected chi connectivity index (χ0v) is 12.6. The zero-order valence-electron chi connectivity index (χ0n) is 12.6. The van der Waals surface area contributed by atoms with Crippen molar-refractivity contribution in [2.24, 2.45) is 0 Å². The molecule has 0 unspecified atom stereocenters. The van der Waals surface area contributed by atoms with Gasteiger partial charge >= 0.3 is 0 Å². The van der Waals surface area contributed by atoms with Crippen LogP contribution in [-0.4, -0.2) is 22.4 Å². The fraction of sp³-hybridized carbons (Fsp3) is 0.438. The van der Waals surface area contributed by atoms with E-state index in [2.05, 4.69) is 24.3 Å². The average molecular weight is 275 g/mol. The van der Waals surface area contributed by atoms with E-state index >= 15 is 0 Å². The lowest BCUT2D eigenvalue weighted by Gasteiger charge is -2.08. The molecule has 2 aromatic rings. The van der Waals surface area contributed by atoms with E-state index in [4.69, 9.17) is 0 Å². The Hall–Kier alpha value is -1.68. The molecule has 0 amide bonds. The van der Waals surface area contributed by atoms with Crippen LogP contribution in [0.2, 0.25) is 0 Å². The summed E-state index contributed by atoms with van der Waals surface area (Å²) in [4.78, 5) is 0. The van der Waals surface area contributed by atoms with Crippen LogP contribution >= 0.6 is 0 Å². The van der Waals surface area contributed by atoms with E-state index in [1.54, 1.807) is 6.07 Å². The smallest absolute Gasteiger partial charge is 0.125 e. The Balaban J connectivity index is 2.24. The molecule has 0 saturated heterocycles. The number of aromatic nitrogens is 2. The predicted octanol–water partition coefficient (Wildman–Crippen LogP) is 3.17. The molecule has 0 radical (unpaired) electrons. The van der Waals surface area contributed by atoms with E-state index in [-0.39, 0.29) is 5.82 Å². The summed E-state index contributed by atoms with van der Waals surface area (Å²) < 4.78 is 15.2. The lowest BCUT2D eigenvalue weighted by atomic mass is 10.1. The molecule has 1 heterocycles. The van der Waals surface area contributed by atoms with Gasteiger partial charge in [-0.3, -0.25) is 0 Å². The topological polar surface area (TPSA) is 29.9 Å². The van der Waals surface area contributed by atoms with Crippen molar-refractivity contribution in [3.63, 3.8) is 0 Å². The van der Waals surface area contributed by atoms with Crippen molar-refractivity contribution in [2.45, 2.75) is 40.2 Å². The first kappa shape index (κ1) is 14.7. The number of hydrogen-bond acceptors (Lipinski definition) is 2. The molecule has 20 heavy (non-hydrogen) atoms. The Bertz CT molecular complexity index is 587. The molecule has 3 nitrogen and oxygen atoms in total. The van der Waals surface area contributed by atoms with Crippen LogP contribution in [0.25, 0.3) is 5.69 Å². The van der Waals surface area contributed by atoms with Crippen LogP contribution in [0.5, 0.6) is 0 Å². The van der Waals surface area contributed by atoms with Crippen LogP contribution in [0.4, 0.5) is 4.39 Å². The summed E-state index contributed by atoms with van der Waals surface area (Å²) in [5, 5.41) is 7.95. The first-order valence-electron chi connectivity index (χ1n) is 7.03. The summed E-state index contributed by atoms with van der Waals surface area (Å²) in [7, 11) is 0. The predicted molar refractivity (Wildman–Crippen MR) is 79.8 cm³/mol. The quantitative estimate of drug-likeness (QED) is 0.908. The largest absolute Gasteiger partial charge is 0.314 e. The monoisotopic (exact) mass is 275 g/mol. The molecule has 0 bridgehead atoms. The average Bonchev–Trinajstić information content (AvgIpc) is 2.66. The summed E-state index contributed by atoms with van der Waals surface area (Å²) in [6, 6.07) is 7.02. The Morgan fingerprint density at radius 3 is 2.70 bits per heavy atom. The molecule has 0 saturated carbocycles. The molecule has 0 aliphatic rings. The molecule has 1 N–H and O–H groups in total. The molecular formula is C16H22FN3. The van der Waals surface area contributed by atoms with Gasteiger partial charge in [0.15, 0.2) is 0 Å². The normalized spacial score (nSPS) is 11.3. The van der Waals surface area contributed by atoms with Crippen molar-refractivity contribution < 1.29 is 4.39 Å². The van der Waals surface area contributed by atoms with Crippen molar-refractivity contribution in [3.8, 4) is 5.69 Å². The lowest BCUT2D eigenvalue weighted by Crippen LogP contribution is -2.25. The van der Waals surface area contributed by atoms with Gasteiger partial charge in [-0.05, 0) is 50.6 Å². The minimum Gasteiger partial charge on any atom is -0.314 e. The second kappa shape index (κ2) is 6.18. The zero-order chi connectivity index (χ0) is 14.7. The number of nitrogens with one attached hydrogen (secondary N) is 1. The fourth-order valence-electron chi connectivity index (χ4n) is 2.38. The number of rotatable bonds is 5. The third-order valence-electron chi connectivity index (χ3n) is 3.42. The summed E-state index contributed by atoms with van der Waals surface area (Å²) in [5.41, 5.74) is 4.10.